The molecule has 1 heterocycles. The van der Waals surface area contributed by atoms with Gasteiger partial charge in [-0.2, -0.15) is 0 Å². The lowest BCUT2D eigenvalue weighted by molar-refractivity contribution is -0.125. The van der Waals surface area contributed by atoms with E-state index in [0.29, 0.717) is 31.4 Å². The van der Waals surface area contributed by atoms with E-state index in [1.807, 2.05) is 37.3 Å². The second kappa shape index (κ2) is 24.0. The molecule has 0 fully saturated rings. The Morgan fingerprint density at radius 2 is 1.58 bits per heavy atom. The maximum Gasteiger partial charge on any atom is 0.253 e. The first kappa shape index (κ1) is 45.7. The van der Waals surface area contributed by atoms with Crippen molar-refractivity contribution in [3.8, 4) is 0 Å². The van der Waals surface area contributed by atoms with Gasteiger partial charge in [-0.05, 0) is 55.2 Å². The molecule has 13 nitrogen and oxygen atoms in total. The minimum atomic E-state index is -3.62. The number of carbonyl (C=O) groups is 3. The van der Waals surface area contributed by atoms with Gasteiger partial charge in [0, 0.05) is 37.8 Å². The van der Waals surface area contributed by atoms with Crippen molar-refractivity contribution < 1.29 is 50.2 Å². The third-order valence-electron chi connectivity index (χ3n) is 6.76. The summed E-state index contributed by atoms with van der Waals surface area (Å²) in [5.74, 6) is -3.66. The Morgan fingerprint density at radius 3 is 2.10 bits per heavy atom. The number of rotatable bonds is 17. The summed E-state index contributed by atoms with van der Waals surface area (Å²) in [6, 6.07) is 14.7. The van der Waals surface area contributed by atoms with E-state index in [-0.39, 0.29) is 42.5 Å². The molecule has 1 aromatic heterocycles. The standard InChI is InChI=1S/C25H34N4O6S.C7H6F2.C3H8O3S/c1-2-3-14-36(34,35)18-22(29-24(32)20-10-7-12-26-16-20)25(33)28-17-21(30)15-23(31)27-13-11-19-8-5-4-6-9-19;1-5-2-6(8)4-7(9)3-5;1-7(5,6)3-2-4/h4-10,12,16,21-22,30H,2-3,11,13-15,17-18H2,1H3,(H,27,31)(H,28,33)(H,29,32);2-4H,1H3;4H,2-3H2,1H3. The molecule has 0 aliphatic heterocycles. The number of aliphatic hydroxyl groups is 2. The number of hydrogen-bond acceptors (Lipinski definition) is 10. The fraction of sp³-hybridized carbons (Fsp3) is 0.429. The number of pyridine rings is 1. The first-order chi connectivity index (χ1) is 24.4. The second-order valence-electron chi connectivity index (χ2n) is 11.7. The van der Waals surface area contributed by atoms with Gasteiger partial charge in [0.1, 0.15) is 27.5 Å². The van der Waals surface area contributed by atoms with Crippen LogP contribution in [-0.4, -0.2) is 105 Å². The average molecular weight is 771 g/mol. The number of halogens is 2. The van der Waals surface area contributed by atoms with Crippen LogP contribution in [0.25, 0.3) is 0 Å². The molecule has 3 amide bonds. The van der Waals surface area contributed by atoms with Crippen molar-refractivity contribution in [2.75, 3.05) is 43.2 Å². The Morgan fingerprint density at radius 1 is 0.923 bits per heavy atom. The Labute approximate surface area is 304 Å². The molecule has 52 heavy (non-hydrogen) atoms. The van der Waals surface area contributed by atoms with Crippen molar-refractivity contribution in [3.63, 3.8) is 0 Å². The molecule has 5 N–H and O–H groups in total. The molecule has 288 valence electrons. The molecule has 0 spiro atoms. The number of hydrogen-bond donors (Lipinski definition) is 5. The van der Waals surface area contributed by atoms with Crippen LogP contribution in [0.3, 0.4) is 0 Å². The Balaban J connectivity index is 0.000000690. The Kier molecular flexibility index (Phi) is 21.1. The van der Waals surface area contributed by atoms with Crippen molar-refractivity contribution >= 4 is 37.4 Å². The van der Waals surface area contributed by atoms with Crippen LogP contribution in [0, 0.1) is 18.6 Å². The van der Waals surface area contributed by atoms with Crippen molar-refractivity contribution in [2.45, 2.75) is 51.7 Å². The molecule has 2 atom stereocenters. The fourth-order valence-electron chi connectivity index (χ4n) is 4.17. The van der Waals surface area contributed by atoms with Crippen LogP contribution in [0.4, 0.5) is 8.78 Å². The number of aliphatic hydroxyl groups excluding tert-OH is 2. The average Bonchev–Trinajstić information content (AvgIpc) is 3.06. The third-order valence-corrected chi connectivity index (χ3v) is 9.43. The quantitative estimate of drug-likeness (QED) is 0.135. The van der Waals surface area contributed by atoms with Gasteiger partial charge in [-0.25, -0.2) is 25.6 Å². The van der Waals surface area contributed by atoms with Crippen LogP contribution in [0.1, 0.15) is 47.7 Å². The number of unbranched alkanes of at least 4 members (excludes halogenated alkanes) is 1. The second-order valence-corrected chi connectivity index (χ2v) is 16.2. The highest BCUT2D eigenvalue weighted by atomic mass is 32.2. The van der Waals surface area contributed by atoms with E-state index < -0.39 is 61.0 Å². The largest absolute Gasteiger partial charge is 0.395 e. The molecule has 0 saturated heterocycles. The summed E-state index contributed by atoms with van der Waals surface area (Å²) in [6.07, 6.45) is 4.19. The Bertz CT molecular complexity index is 1700. The monoisotopic (exact) mass is 770 g/mol. The van der Waals surface area contributed by atoms with E-state index in [4.69, 9.17) is 5.11 Å². The van der Waals surface area contributed by atoms with Crippen LogP contribution < -0.4 is 16.0 Å². The molecule has 2 aromatic carbocycles. The Hall–Kier alpha value is -4.32. The summed E-state index contributed by atoms with van der Waals surface area (Å²) in [7, 11) is -6.55. The van der Waals surface area contributed by atoms with Gasteiger partial charge in [-0.1, -0.05) is 43.7 Å². The predicted octanol–water partition coefficient (Wildman–Crippen LogP) is 1.92. The van der Waals surface area contributed by atoms with E-state index >= 15 is 0 Å². The van der Waals surface area contributed by atoms with E-state index in [9.17, 15) is 45.1 Å². The summed E-state index contributed by atoms with van der Waals surface area (Å²) in [4.78, 5) is 41.2. The zero-order valence-electron chi connectivity index (χ0n) is 29.4. The van der Waals surface area contributed by atoms with Gasteiger partial charge in [0.2, 0.25) is 11.8 Å². The number of aromatic nitrogens is 1. The molecule has 0 aliphatic rings. The summed E-state index contributed by atoms with van der Waals surface area (Å²) in [5.41, 5.74) is 1.85. The SMILES string of the molecule is CCCCS(=O)(=O)CC(NC(=O)c1cccnc1)C(=O)NCC(O)CC(=O)NCCc1ccccc1.CS(=O)(=O)CCO.Cc1cc(F)cc(F)c1. The van der Waals surface area contributed by atoms with Gasteiger partial charge in [0.05, 0.1) is 42.0 Å². The van der Waals surface area contributed by atoms with Crippen molar-refractivity contribution in [1.82, 2.24) is 20.9 Å². The zero-order valence-corrected chi connectivity index (χ0v) is 31.1. The van der Waals surface area contributed by atoms with Crippen LogP contribution in [0.5, 0.6) is 0 Å². The van der Waals surface area contributed by atoms with Gasteiger partial charge in [-0.3, -0.25) is 19.4 Å². The maximum absolute atomic E-state index is 12.8. The van der Waals surface area contributed by atoms with Gasteiger partial charge >= 0.3 is 0 Å². The predicted molar refractivity (Wildman–Crippen MR) is 194 cm³/mol. The number of benzene rings is 2. The number of carbonyl (C=O) groups excluding carboxylic acids is 3. The van der Waals surface area contributed by atoms with Crippen molar-refractivity contribution in [3.05, 3.63) is 101 Å². The van der Waals surface area contributed by atoms with Crippen LogP contribution >= 0.6 is 0 Å². The summed E-state index contributed by atoms with van der Waals surface area (Å²) in [5, 5.41) is 25.8. The van der Waals surface area contributed by atoms with Crippen LogP contribution in [0.2, 0.25) is 0 Å². The maximum atomic E-state index is 12.8. The van der Waals surface area contributed by atoms with Gasteiger partial charge in [0.25, 0.3) is 5.91 Å². The summed E-state index contributed by atoms with van der Waals surface area (Å²) in [6.45, 7) is 3.34. The lowest BCUT2D eigenvalue weighted by Crippen LogP contribution is -2.52. The van der Waals surface area contributed by atoms with E-state index in [0.717, 1.165) is 17.9 Å². The molecule has 2 unspecified atom stereocenters. The molecule has 3 aromatic rings. The number of nitrogens with zero attached hydrogens (tertiary/aromatic N) is 1. The fourth-order valence-corrected chi connectivity index (χ4v) is 6.14. The van der Waals surface area contributed by atoms with Crippen LogP contribution in [-0.2, 0) is 35.7 Å². The van der Waals surface area contributed by atoms with Gasteiger partial charge in [-0.15, -0.1) is 0 Å². The molecule has 17 heteroatoms. The molecule has 0 saturated carbocycles. The van der Waals surface area contributed by atoms with Crippen molar-refractivity contribution in [2.24, 2.45) is 0 Å². The molecule has 0 aliphatic carbocycles. The molecule has 0 bridgehead atoms. The van der Waals surface area contributed by atoms with E-state index in [1.165, 1.54) is 30.6 Å². The first-order valence-electron chi connectivity index (χ1n) is 16.3. The van der Waals surface area contributed by atoms with Crippen molar-refractivity contribution in [1.29, 1.82) is 0 Å². The van der Waals surface area contributed by atoms with Crippen LogP contribution in [0.15, 0.2) is 73.1 Å². The van der Waals surface area contributed by atoms with Gasteiger partial charge in [0.15, 0.2) is 9.84 Å². The normalized spacial score (nSPS) is 12.1. The zero-order chi connectivity index (χ0) is 39.2. The molecular weight excluding hydrogens is 723 g/mol. The smallest absolute Gasteiger partial charge is 0.253 e. The van der Waals surface area contributed by atoms with E-state index in [2.05, 4.69) is 20.9 Å². The highest BCUT2D eigenvalue weighted by Crippen LogP contribution is 2.06. The van der Waals surface area contributed by atoms with Gasteiger partial charge < -0.3 is 26.2 Å². The number of aryl methyl sites for hydroxylation is 1. The first-order valence-corrected chi connectivity index (χ1v) is 20.2. The van der Waals surface area contributed by atoms with E-state index in [1.54, 1.807) is 13.0 Å². The lowest BCUT2D eigenvalue weighted by Gasteiger charge is -2.20. The highest BCUT2D eigenvalue weighted by molar-refractivity contribution is 7.91. The minimum absolute atomic E-state index is 0.109. The topological polar surface area (TPSA) is 209 Å². The number of sulfone groups is 2. The minimum Gasteiger partial charge on any atom is -0.395 e. The number of nitrogens with one attached hydrogen (secondary N) is 3. The lowest BCUT2D eigenvalue weighted by atomic mass is 10.1. The highest BCUT2D eigenvalue weighted by Gasteiger charge is 2.28. The molecular formula is C35H48F2N4O9S2. The summed E-state index contributed by atoms with van der Waals surface area (Å²) >= 11 is 0. The molecule has 0 radical (unpaired) electrons. The third kappa shape index (κ3) is 21.8. The number of amides is 3. The molecule has 3 rings (SSSR count). The summed E-state index contributed by atoms with van der Waals surface area (Å²) < 4.78 is 69.4.